The SMILES string of the molecule is CNCc1ccc(F)c(COCc2ccc(OC)cc2)c1. The molecule has 0 aliphatic heterocycles. The van der Waals surface area contributed by atoms with E-state index in [2.05, 4.69) is 5.32 Å². The Labute approximate surface area is 124 Å². The second kappa shape index (κ2) is 7.76. The first kappa shape index (κ1) is 15.5. The van der Waals surface area contributed by atoms with Crippen molar-refractivity contribution >= 4 is 0 Å². The highest BCUT2D eigenvalue weighted by atomic mass is 19.1. The fraction of sp³-hybridized carbons (Fsp3) is 0.294. The molecular formula is C17H20FNO2. The molecule has 0 bridgehead atoms. The summed E-state index contributed by atoms with van der Waals surface area (Å²) in [6, 6.07) is 12.7. The zero-order chi connectivity index (χ0) is 15.1. The van der Waals surface area contributed by atoms with Gasteiger partial charge in [0.2, 0.25) is 0 Å². The maximum atomic E-state index is 13.7. The van der Waals surface area contributed by atoms with Gasteiger partial charge in [0.1, 0.15) is 11.6 Å². The van der Waals surface area contributed by atoms with E-state index in [0.717, 1.165) is 16.9 Å². The average Bonchev–Trinajstić information content (AvgIpc) is 2.51. The fourth-order valence-electron chi connectivity index (χ4n) is 2.05. The second-order valence-corrected chi connectivity index (χ2v) is 4.80. The lowest BCUT2D eigenvalue weighted by atomic mass is 10.1. The molecule has 0 fully saturated rings. The van der Waals surface area contributed by atoms with Crippen molar-refractivity contribution < 1.29 is 13.9 Å². The van der Waals surface area contributed by atoms with Crippen LogP contribution in [0.5, 0.6) is 5.75 Å². The van der Waals surface area contributed by atoms with Crippen molar-refractivity contribution in [3.05, 3.63) is 65.0 Å². The standard InChI is InChI=1S/C17H20FNO2/c1-19-10-14-5-8-17(18)15(9-14)12-21-11-13-3-6-16(20-2)7-4-13/h3-9,19H,10-12H2,1-2H3. The molecule has 0 spiro atoms. The first-order chi connectivity index (χ1) is 10.2. The van der Waals surface area contributed by atoms with Crippen LogP contribution < -0.4 is 10.1 Å². The van der Waals surface area contributed by atoms with E-state index in [-0.39, 0.29) is 12.4 Å². The smallest absolute Gasteiger partial charge is 0.128 e. The van der Waals surface area contributed by atoms with Crippen LogP contribution in [-0.4, -0.2) is 14.2 Å². The minimum Gasteiger partial charge on any atom is -0.497 e. The summed E-state index contributed by atoms with van der Waals surface area (Å²) in [5.74, 6) is 0.578. The average molecular weight is 289 g/mol. The predicted molar refractivity (Wildman–Crippen MR) is 80.7 cm³/mol. The summed E-state index contributed by atoms with van der Waals surface area (Å²) in [6.45, 7) is 1.42. The Morgan fingerprint density at radius 3 is 2.38 bits per heavy atom. The van der Waals surface area contributed by atoms with Crippen molar-refractivity contribution in [2.45, 2.75) is 19.8 Å². The van der Waals surface area contributed by atoms with E-state index < -0.39 is 0 Å². The molecule has 0 aliphatic rings. The third-order valence-corrected chi connectivity index (χ3v) is 3.18. The van der Waals surface area contributed by atoms with Gasteiger partial charge in [-0.25, -0.2) is 4.39 Å². The van der Waals surface area contributed by atoms with Crippen molar-refractivity contribution in [2.24, 2.45) is 0 Å². The van der Waals surface area contributed by atoms with Gasteiger partial charge in [-0.2, -0.15) is 0 Å². The third kappa shape index (κ3) is 4.55. The molecule has 0 radical (unpaired) electrons. The summed E-state index contributed by atoms with van der Waals surface area (Å²) in [6.07, 6.45) is 0. The fourth-order valence-corrected chi connectivity index (χ4v) is 2.05. The van der Waals surface area contributed by atoms with Gasteiger partial charge in [0.05, 0.1) is 20.3 Å². The molecule has 0 aromatic heterocycles. The Kier molecular flexibility index (Phi) is 5.72. The molecule has 0 heterocycles. The van der Waals surface area contributed by atoms with Crippen LogP contribution in [0.25, 0.3) is 0 Å². The van der Waals surface area contributed by atoms with Crippen LogP contribution in [0.3, 0.4) is 0 Å². The molecule has 2 rings (SSSR count). The van der Waals surface area contributed by atoms with E-state index in [9.17, 15) is 4.39 Å². The Morgan fingerprint density at radius 1 is 1.00 bits per heavy atom. The van der Waals surface area contributed by atoms with Gasteiger partial charge in [-0.05, 0) is 42.4 Å². The number of rotatable bonds is 7. The van der Waals surface area contributed by atoms with Gasteiger partial charge in [-0.3, -0.25) is 0 Å². The molecule has 4 heteroatoms. The number of hydrogen-bond donors (Lipinski definition) is 1. The minimum absolute atomic E-state index is 0.232. The Bertz CT molecular complexity index is 570. The van der Waals surface area contributed by atoms with E-state index in [1.165, 1.54) is 6.07 Å². The monoisotopic (exact) mass is 289 g/mol. The zero-order valence-corrected chi connectivity index (χ0v) is 12.4. The summed E-state index contributed by atoms with van der Waals surface area (Å²) in [5.41, 5.74) is 2.65. The van der Waals surface area contributed by atoms with Crippen molar-refractivity contribution in [2.75, 3.05) is 14.2 Å². The lowest BCUT2D eigenvalue weighted by Gasteiger charge is -2.08. The first-order valence-corrected chi connectivity index (χ1v) is 6.85. The molecule has 0 aliphatic carbocycles. The molecule has 2 aromatic carbocycles. The number of nitrogens with one attached hydrogen (secondary N) is 1. The van der Waals surface area contributed by atoms with Crippen molar-refractivity contribution in [3.8, 4) is 5.75 Å². The summed E-state index contributed by atoms with van der Waals surface area (Å²) in [7, 11) is 3.50. The van der Waals surface area contributed by atoms with E-state index in [0.29, 0.717) is 18.7 Å². The molecule has 1 N–H and O–H groups in total. The summed E-state index contributed by atoms with van der Waals surface area (Å²) >= 11 is 0. The minimum atomic E-state index is -0.232. The maximum absolute atomic E-state index is 13.7. The quantitative estimate of drug-likeness (QED) is 0.848. The van der Waals surface area contributed by atoms with Gasteiger partial charge in [0.15, 0.2) is 0 Å². The number of halogens is 1. The number of methoxy groups -OCH3 is 1. The molecule has 3 nitrogen and oxygen atoms in total. The van der Waals surface area contributed by atoms with E-state index in [1.807, 2.05) is 37.4 Å². The zero-order valence-electron chi connectivity index (χ0n) is 12.4. The molecule has 0 amide bonds. The van der Waals surface area contributed by atoms with Gasteiger partial charge in [-0.15, -0.1) is 0 Å². The van der Waals surface area contributed by atoms with Crippen LogP contribution in [-0.2, 0) is 24.5 Å². The van der Waals surface area contributed by atoms with Crippen LogP contribution in [0.4, 0.5) is 4.39 Å². The van der Waals surface area contributed by atoms with Crippen molar-refractivity contribution in [1.82, 2.24) is 5.32 Å². The van der Waals surface area contributed by atoms with Crippen LogP contribution in [0.1, 0.15) is 16.7 Å². The van der Waals surface area contributed by atoms with Gasteiger partial charge < -0.3 is 14.8 Å². The third-order valence-electron chi connectivity index (χ3n) is 3.18. The van der Waals surface area contributed by atoms with E-state index in [4.69, 9.17) is 9.47 Å². The largest absolute Gasteiger partial charge is 0.497 e. The molecule has 0 saturated carbocycles. The van der Waals surface area contributed by atoms with Crippen LogP contribution in [0.2, 0.25) is 0 Å². The van der Waals surface area contributed by atoms with E-state index in [1.54, 1.807) is 13.2 Å². The number of benzene rings is 2. The highest BCUT2D eigenvalue weighted by Gasteiger charge is 2.04. The van der Waals surface area contributed by atoms with Crippen molar-refractivity contribution in [1.29, 1.82) is 0 Å². The Hall–Kier alpha value is -1.91. The van der Waals surface area contributed by atoms with Gasteiger partial charge >= 0.3 is 0 Å². The van der Waals surface area contributed by atoms with Crippen LogP contribution in [0.15, 0.2) is 42.5 Å². The second-order valence-electron chi connectivity index (χ2n) is 4.80. The Morgan fingerprint density at radius 2 is 1.71 bits per heavy atom. The first-order valence-electron chi connectivity index (χ1n) is 6.85. The van der Waals surface area contributed by atoms with Gasteiger partial charge in [0.25, 0.3) is 0 Å². The molecule has 0 saturated heterocycles. The molecule has 112 valence electrons. The van der Waals surface area contributed by atoms with Crippen LogP contribution in [0, 0.1) is 5.82 Å². The summed E-state index contributed by atoms with van der Waals surface area (Å²) in [4.78, 5) is 0. The van der Waals surface area contributed by atoms with Crippen molar-refractivity contribution in [3.63, 3.8) is 0 Å². The highest BCUT2D eigenvalue weighted by molar-refractivity contribution is 5.27. The highest BCUT2D eigenvalue weighted by Crippen LogP contribution is 2.15. The lowest BCUT2D eigenvalue weighted by Crippen LogP contribution is -2.06. The van der Waals surface area contributed by atoms with Crippen LogP contribution >= 0.6 is 0 Å². The maximum Gasteiger partial charge on any atom is 0.128 e. The van der Waals surface area contributed by atoms with Gasteiger partial charge in [0, 0.05) is 12.1 Å². The molecule has 0 unspecified atom stereocenters. The summed E-state index contributed by atoms with van der Waals surface area (Å²) < 4.78 is 24.4. The number of hydrogen-bond acceptors (Lipinski definition) is 3. The Balaban J connectivity index is 1.91. The van der Waals surface area contributed by atoms with E-state index >= 15 is 0 Å². The molecular weight excluding hydrogens is 269 g/mol. The predicted octanol–water partition coefficient (Wildman–Crippen LogP) is 3.27. The molecule has 21 heavy (non-hydrogen) atoms. The number of ether oxygens (including phenoxy) is 2. The lowest BCUT2D eigenvalue weighted by molar-refractivity contribution is 0.105. The summed E-state index contributed by atoms with van der Waals surface area (Å²) in [5, 5.41) is 3.05. The topological polar surface area (TPSA) is 30.5 Å². The van der Waals surface area contributed by atoms with Gasteiger partial charge in [-0.1, -0.05) is 18.2 Å². The normalized spacial score (nSPS) is 10.6. The molecule has 2 aromatic rings. The molecule has 0 atom stereocenters.